The summed E-state index contributed by atoms with van der Waals surface area (Å²) in [7, 11) is 2.63. The topological polar surface area (TPSA) is 113 Å². The van der Waals surface area contributed by atoms with Crippen LogP contribution in [-0.2, 0) is 14.3 Å². The van der Waals surface area contributed by atoms with Crippen molar-refractivity contribution >= 4 is 18.0 Å². The Morgan fingerprint density at radius 2 is 1.88 bits per heavy atom. The van der Waals surface area contributed by atoms with Gasteiger partial charge in [-0.05, 0) is 61.9 Å². The largest absolute Gasteiger partial charge is 0.466 e. The second-order valence-corrected chi connectivity index (χ2v) is 11.3. The molecule has 5 rings (SSSR count). The fraction of sp³-hybridized carbons (Fsp3) is 0.484. The molecule has 3 aliphatic rings. The molecule has 1 saturated heterocycles. The number of carbonyl (C=O) groups excluding carboxylic acids is 3. The molecule has 4 amide bonds. The first-order chi connectivity index (χ1) is 20.3. The zero-order valence-corrected chi connectivity index (χ0v) is 24.3. The summed E-state index contributed by atoms with van der Waals surface area (Å²) in [5.41, 5.74) is 2.02. The van der Waals surface area contributed by atoms with Gasteiger partial charge in [0.1, 0.15) is 11.9 Å². The van der Waals surface area contributed by atoms with Gasteiger partial charge in [-0.1, -0.05) is 18.2 Å². The van der Waals surface area contributed by atoms with Crippen LogP contribution in [0, 0.1) is 18.7 Å². The molecule has 0 radical (unpaired) electrons. The van der Waals surface area contributed by atoms with Gasteiger partial charge in [0.25, 0.3) is 0 Å². The average molecular weight is 580 g/mol. The highest BCUT2D eigenvalue weighted by Gasteiger charge is 2.43. The van der Waals surface area contributed by atoms with Gasteiger partial charge in [0.15, 0.2) is 0 Å². The Morgan fingerprint density at radius 3 is 2.52 bits per heavy atom. The van der Waals surface area contributed by atoms with E-state index in [0.29, 0.717) is 24.1 Å². The molecular weight excluding hydrogens is 541 g/mol. The minimum Gasteiger partial charge on any atom is -0.466 e. The number of hydrogen-bond donors (Lipinski definition) is 2. The molecule has 42 heavy (non-hydrogen) atoms. The predicted molar refractivity (Wildman–Crippen MR) is 153 cm³/mol. The summed E-state index contributed by atoms with van der Waals surface area (Å²) in [4.78, 5) is 47.6. The molecule has 1 aliphatic carbocycles. The number of likely N-dealkylation sites (tertiary alicyclic amines) is 1. The van der Waals surface area contributed by atoms with Gasteiger partial charge in [-0.2, -0.15) is 0 Å². The van der Waals surface area contributed by atoms with Crippen molar-refractivity contribution in [3.63, 3.8) is 0 Å². The number of nitrogens with one attached hydrogen (secondary N) is 2. The first-order valence-corrected chi connectivity index (χ1v) is 14.4. The monoisotopic (exact) mass is 579 g/mol. The molecule has 224 valence electrons. The number of aromatic nitrogens is 1. The standard InChI is InChI=1S/C31H38FN5O5/c1-19-7-8-22(14-24(19)32)28-27(29(38)42-3)26(18-41-2)35-31(40)37(28)30(39)34-15-20-16-36(17-20)23-11-9-21(10-12-23)25-6-4-5-13-33-25/h4-8,13-14,20-21,23,28H,9-12,15-18H2,1-3H3,(H,34,39)(H,35,40)/t21?,23?,28-/m0/s1. The number of urea groups is 2. The number of imide groups is 1. The average Bonchev–Trinajstić information content (AvgIpc) is 2.98. The summed E-state index contributed by atoms with van der Waals surface area (Å²) >= 11 is 0. The van der Waals surface area contributed by atoms with Crippen LogP contribution < -0.4 is 10.6 Å². The number of methoxy groups -OCH3 is 2. The Balaban J connectivity index is 1.23. The molecule has 1 saturated carbocycles. The van der Waals surface area contributed by atoms with Crippen molar-refractivity contribution in [1.29, 1.82) is 0 Å². The van der Waals surface area contributed by atoms with E-state index in [9.17, 15) is 18.8 Å². The van der Waals surface area contributed by atoms with Gasteiger partial charge in [-0.3, -0.25) is 9.88 Å². The van der Waals surface area contributed by atoms with Gasteiger partial charge in [0.2, 0.25) is 0 Å². The maximum Gasteiger partial charge on any atom is 0.338 e. The van der Waals surface area contributed by atoms with Crippen molar-refractivity contribution in [3.8, 4) is 0 Å². The van der Waals surface area contributed by atoms with E-state index in [1.165, 1.54) is 26.0 Å². The van der Waals surface area contributed by atoms with Gasteiger partial charge in [-0.15, -0.1) is 0 Å². The van der Waals surface area contributed by atoms with E-state index < -0.39 is 29.9 Å². The molecule has 2 aromatic rings. The highest BCUT2D eigenvalue weighted by molar-refractivity contribution is 6.01. The molecule has 0 spiro atoms. The number of benzene rings is 1. The van der Waals surface area contributed by atoms with Crippen LogP contribution in [0.15, 0.2) is 53.9 Å². The molecule has 1 aromatic carbocycles. The third-order valence-corrected chi connectivity index (χ3v) is 8.60. The van der Waals surface area contributed by atoms with Crippen LogP contribution in [0.4, 0.5) is 14.0 Å². The normalized spacial score (nSPS) is 23.3. The van der Waals surface area contributed by atoms with Crippen molar-refractivity contribution < 1.29 is 28.2 Å². The number of carbonyl (C=O) groups is 3. The zero-order chi connectivity index (χ0) is 29.8. The SMILES string of the molecule is COCC1=C(C(=O)OC)[C@H](c2ccc(C)c(F)c2)N(C(=O)NCC2CN(C3CCC(c4ccccn4)CC3)C2)C(=O)N1. The fourth-order valence-corrected chi connectivity index (χ4v) is 6.28. The molecule has 2 N–H and O–H groups in total. The van der Waals surface area contributed by atoms with E-state index in [-0.39, 0.29) is 29.4 Å². The molecule has 10 nitrogen and oxygen atoms in total. The number of pyridine rings is 1. The van der Waals surface area contributed by atoms with Gasteiger partial charge in [0.05, 0.1) is 25.0 Å². The summed E-state index contributed by atoms with van der Waals surface area (Å²) in [5, 5.41) is 5.47. The van der Waals surface area contributed by atoms with Crippen molar-refractivity contribution in [2.45, 2.75) is 50.6 Å². The minimum atomic E-state index is -1.20. The Kier molecular flexibility index (Phi) is 9.18. The number of hydrogen-bond acceptors (Lipinski definition) is 7. The third kappa shape index (κ3) is 6.17. The summed E-state index contributed by atoms with van der Waals surface area (Å²) in [6, 6.07) is 8.40. The van der Waals surface area contributed by atoms with Crippen LogP contribution in [0.1, 0.15) is 54.5 Å². The number of nitrogens with zero attached hydrogens (tertiary/aromatic N) is 3. The number of rotatable bonds is 8. The minimum absolute atomic E-state index is 0.00785. The molecule has 1 aromatic heterocycles. The zero-order valence-electron chi connectivity index (χ0n) is 24.3. The third-order valence-electron chi connectivity index (χ3n) is 8.60. The van der Waals surface area contributed by atoms with Gasteiger partial charge in [0, 0.05) is 56.5 Å². The van der Waals surface area contributed by atoms with Crippen LogP contribution in [0.2, 0.25) is 0 Å². The van der Waals surface area contributed by atoms with E-state index in [1.54, 1.807) is 19.1 Å². The quantitative estimate of drug-likeness (QED) is 0.454. The van der Waals surface area contributed by atoms with Crippen LogP contribution in [0.5, 0.6) is 0 Å². The highest BCUT2D eigenvalue weighted by Crippen LogP contribution is 2.37. The van der Waals surface area contributed by atoms with E-state index in [2.05, 4.69) is 26.6 Å². The Bertz CT molecular complexity index is 1340. The lowest BCUT2D eigenvalue weighted by atomic mass is 9.81. The summed E-state index contributed by atoms with van der Waals surface area (Å²) in [6.45, 7) is 3.61. The molecule has 11 heteroatoms. The smallest absolute Gasteiger partial charge is 0.338 e. The molecule has 1 atom stereocenters. The lowest BCUT2D eigenvalue weighted by molar-refractivity contribution is -0.137. The van der Waals surface area contributed by atoms with Crippen molar-refractivity contribution in [3.05, 3.63) is 76.5 Å². The first kappa shape index (κ1) is 29.7. The number of ether oxygens (including phenoxy) is 2. The van der Waals surface area contributed by atoms with Gasteiger partial charge >= 0.3 is 18.0 Å². The highest BCUT2D eigenvalue weighted by atomic mass is 19.1. The summed E-state index contributed by atoms with van der Waals surface area (Å²) in [5.74, 6) is -0.513. The molecule has 2 fully saturated rings. The van der Waals surface area contributed by atoms with E-state index in [4.69, 9.17) is 9.47 Å². The molecular formula is C31H38FN5O5. The number of halogens is 1. The van der Waals surface area contributed by atoms with E-state index in [1.807, 2.05) is 18.3 Å². The Hall–Kier alpha value is -3.83. The predicted octanol–water partition coefficient (Wildman–Crippen LogP) is 4.04. The van der Waals surface area contributed by atoms with E-state index >= 15 is 0 Å². The second kappa shape index (κ2) is 13.0. The first-order valence-electron chi connectivity index (χ1n) is 14.4. The van der Waals surface area contributed by atoms with Crippen LogP contribution in [0.25, 0.3) is 0 Å². The van der Waals surface area contributed by atoms with Crippen LogP contribution in [-0.4, -0.2) is 79.3 Å². The molecule has 2 aliphatic heterocycles. The second-order valence-electron chi connectivity index (χ2n) is 11.3. The summed E-state index contributed by atoms with van der Waals surface area (Å²) in [6.07, 6.45) is 6.33. The Morgan fingerprint density at radius 1 is 1.12 bits per heavy atom. The number of aryl methyl sites for hydroxylation is 1. The van der Waals surface area contributed by atoms with E-state index in [0.717, 1.165) is 43.7 Å². The maximum absolute atomic E-state index is 14.6. The molecule has 3 heterocycles. The van der Waals surface area contributed by atoms with Crippen molar-refractivity contribution in [2.24, 2.45) is 5.92 Å². The lowest BCUT2D eigenvalue weighted by Gasteiger charge is -2.47. The fourth-order valence-electron chi connectivity index (χ4n) is 6.28. The van der Waals surface area contributed by atoms with Crippen LogP contribution >= 0.6 is 0 Å². The van der Waals surface area contributed by atoms with Crippen molar-refractivity contribution in [1.82, 2.24) is 25.4 Å². The van der Waals surface area contributed by atoms with Gasteiger partial charge in [-0.25, -0.2) is 23.7 Å². The summed E-state index contributed by atoms with van der Waals surface area (Å²) < 4.78 is 24.8. The Labute approximate surface area is 245 Å². The van der Waals surface area contributed by atoms with Crippen molar-refractivity contribution in [2.75, 3.05) is 40.5 Å². The van der Waals surface area contributed by atoms with Crippen LogP contribution in [0.3, 0.4) is 0 Å². The van der Waals surface area contributed by atoms with Gasteiger partial charge < -0.3 is 20.1 Å². The molecule has 0 bridgehead atoms. The maximum atomic E-state index is 14.6. The lowest BCUT2D eigenvalue weighted by Crippen LogP contribution is -2.59. The molecule has 0 unspecified atom stereocenters. The number of amides is 4. The number of esters is 1.